The average Bonchev–Trinajstić information content (AvgIpc) is 2.70. The number of carbonyl (C=O) groups is 1. The Balaban J connectivity index is 2.10. The van der Waals surface area contributed by atoms with E-state index in [4.69, 9.17) is 5.14 Å². The molecule has 0 radical (unpaired) electrons. The standard InChI is InChI=1S/C9H11N5O3S/c10-18(16,17)5-3-12-9(15)7-6-13-14-4-1-2-11-8(7)14/h1-2,4,6H,3,5H2,(H,12,15)(H2,10,16,17). The second-order valence-corrected chi connectivity index (χ2v) is 5.30. The van der Waals surface area contributed by atoms with Crippen LogP contribution in [0.4, 0.5) is 0 Å². The van der Waals surface area contributed by atoms with Crippen molar-refractivity contribution in [3.05, 3.63) is 30.2 Å². The number of amides is 1. The molecule has 8 nitrogen and oxygen atoms in total. The lowest BCUT2D eigenvalue weighted by atomic mass is 10.3. The van der Waals surface area contributed by atoms with Gasteiger partial charge in [0.2, 0.25) is 10.0 Å². The highest BCUT2D eigenvalue weighted by Gasteiger charge is 2.13. The van der Waals surface area contributed by atoms with Gasteiger partial charge >= 0.3 is 0 Å². The normalized spacial score (nSPS) is 11.6. The minimum Gasteiger partial charge on any atom is -0.351 e. The Bertz CT molecular complexity index is 678. The van der Waals surface area contributed by atoms with Crippen molar-refractivity contribution in [3.8, 4) is 0 Å². The van der Waals surface area contributed by atoms with Crippen LogP contribution in [0.3, 0.4) is 0 Å². The average molecular weight is 269 g/mol. The molecule has 0 saturated carbocycles. The number of nitrogens with two attached hydrogens (primary N) is 1. The van der Waals surface area contributed by atoms with Crippen LogP contribution in [0.25, 0.3) is 5.65 Å². The molecular weight excluding hydrogens is 258 g/mol. The lowest BCUT2D eigenvalue weighted by Gasteiger charge is -2.02. The van der Waals surface area contributed by atoms with E-state index in [9.17, 15) is 13.2 Å². The first-order valence-corrected chi connectivity index (χ1v) is 6.76. The van der Waals surface area contributed by atoms with Crippen LogP contribution in [-0.2, 0) is 10.0 Å². The van der Waals surface area contributed by atoms with E-state index in [0.717, 1.165) is 0 Å². The fourth-order valence-corrected chi connectivity index (χ4v) is 1.78. The molecular formula is C9H11N5O3S. The number of rotatable bonds is 4. The van der Waals surface area contributed by atoms with Crippen LogP contribution in [0, 0.1) is 0 Å². The minimum atomic E-state index is -3.58. The van der Waals surface area contributed by atoms with Gasteiger partial charge in [-0.2, -0.15) is 5.10 Å². The summed E-state index contributed by atoms with van der Waals surface area (Å²) in [7, 11) is -3.58. The van der Waals surface area contributed by atoms with Crippen molar-refractivity contribution in [2.75, 3.05) is 12.3 Å². The van der Waals surface area contributed by atoms with E-state index in [1.807, 2.05) is 0 Å². The molecule has 2 rings (SSSR count). The van der Waals surface area contributed by atoms with E-state index in [-0.39, 0.29) is 17.9 Å². The third-order valence-corrected chi connectivity index (χ3v) is 2.97. The molecule has 0 unspecified atom stereocenters. The van der Waals surface area contributed by atoms with Crippen molar-refractivity contribution < 1.29 is 13.2 Å². The van der Waals surface area contributed by atoms with Gasteiger partial charge in [0.05, 0.1) is 11.9 Å². The number of hydrogen-bond donors (Lipinski definition) is 2. The number of carbonyl (C=O) groups excluding carboxylic acids is 1. The van der Waals surface area contributed by atoms with Crippen LogP contribution >= 0.6 is 0 Å². The van der Waals surface area contributed by atoms with E-state index in [0.29, 0.717) is 5.65 Å². The molecule has 9 heteroatoms. The lowest BCUT2D eigenvalue weighted by molar-refractivity contribution is 0.0957. The van der Waals surface area contributed by atoms with Gasteiger partial charge in [0.25, 0.3) is 5.91 Å². The number of nitrogens with zero attached hydrogens (tertiary/aromatic N) is 3. The molecule has 0 bridgehead atoms. The third kappa shape index (κ3) is 2.81. The maximum absolute atomic E-state index is 11.8. The fourth-order valence-electron chi connectivity index (χ4n) is 1.39. The molecule has 0 saturated heterocycles. The molecule has 18 heavy (non-hydrogen) atoms. The number of primary sulfonamides is 1. The molecule has 2 aromatic heterocycles. The number of nitrogens with one attached hydrogen (secondary N) is 1. The Labute approximate surface area is 103 Å². The summed E-state index contributed by atoms with van der Waals surface area (Å²) in [4.78, 5) is 15.8. The van der Waals surface area contributed by atoms with Gasteiger partial charge in [-0.15, -0.1) is 0 Å². The summed E-state index contributed by atoms with van der Waals surface area (Å²) in [6, 6.07) is 1.68. The van der Waals surface area contributed by atoms with Crippen LogP contribution in [0.5, 0.6) is 0 Å². The Morgan fingerprint density at radius 2 is 2.28 bits per heavy atom. The number of hydrogen-bond acceptors (Lipinski definition) is 5. The molecule has 0 atom stereocenters. The monoisotopic (exact) mass is 269 g/mol. The predicted octanol–water partition coefficient (Wildman–Crippen LogP) is -1.25. The van der Waals surface area contributed by atoms with E-state index in [1.165, 1.54) is 16.9 Å². The quantitative estimate of drug-likeness (QED) is 0.718. The van der Waals surface area contributed by atoms with Crippen LogP contribution in [0.2, 0.25) is 0 Å². The summed E-state index contributed by atoms with van der Waals surface area (Å²) in [5.74, 6) is -0.752. The molecule has 96 valence electrons. The van der Waals surface area contributed by atoms with E-state index in [1.54, 1.807) is 12.3 Å². The number of aromatic nitrogens is 3. The van der Waals surface area contributed by atoms with Crippen molar-refractivity contribution in [2.24, 2.45) is 5.14 Å². The molecule has 3 N–H and O–H groups in total. The lowest BCUT2D eigenvalue weighted by Crippen LogP contribution is -2.31. The zero-order chi connectivity index (χ0) is 13.2. The van der Waals surface area contributed by atoms with Gasteiger partial charge in [-0.1, -0.05) is 0 Å². The SMILES string of the molecule is NS(=O)(=O)CCNC(=O)c1cnn2cccnc12. The minimum absolute atomic E-state index is 0.0537. The van der Waals surface area contributed by atoms with Crippen molar-refractivity contribution in [2.45, 2.75) is 0 Å². The van der Waals surface area contributed by atoms with Gasteiger partial charge in [0.15, 0.2) is 5.65 Å². The molecule has 1 amide bonds. The summed E-state index contributed by atoms with van der Waals surface area (Å²) in [5.41, 5.74) is 0.690. The van der Waals surface area contributed by atoms with Gasteiger partial charge in [0.1, 0.15) is 5.56 Å². The maximum atomic E-state index is 11.8. The summed E-state index contributed by atoms with van der Waals surface area (Å²) >= 11 is 0. The number of sulfonamides is 1. The van der Waals surface area contributed by atoms with Gasteiger partial charge in [-0.05, 0) is 6.07 Å². The second kappa shape index (κ2) is 4.70. The zero-order valence-corrected chi connectivity index (χ0v) is 10.1. The molecule has 0 aliphatic carbocycles. The van der Waals surface area contributed by atoms with E-state index in [2.05, 4.69) is 15.4 Å². The molecule has 2 aromatic rings. The van der Waals surface area contributed by atoms with Crippen LogP contribution in [0.1, 0.15) is 10.4 Å². The van der Waals surface area contributed by atoms with Crippen molar-refractivity contribution in [1.29, 1.82) is 0 Å². The van der Waals surface area contributed by atoms with Crippen LogP contribution < -0.4 is 10.5 Å². The van der Waals surface area contributed by atoms with Crippen molar-refractivity contribution in [1.82, 2.24) is 19.9 Å². The second-order valence-electron chi connectivity index (χ2n) is 3.57. The smallest absolute Gasteiger partial charge is 0.256 e. The molecule has 0 fully saturated rings. The van der Waals surface area contributed by atoms with E-state index < -0.39 is 15.9 Å². The zero-order valence-electron chi connectivity index (χ0n) is 9.28. The largest absolute Gasteiger partial charge is 0.351 e. The summed E-state index contributed by atoms with van der Waals surface area (Å²) < 4.78 is 22.9. The highest BCUT2D eigenvalue weighted by Crippen LogP contribution is 2.06. The van der Waals surface area contributed by atoms with Crippen LogP contribution in [-0.4, -0.2) is 41.2 Å². The summed E-state index contributed by atoms with van der Waals surface area (Å²) in [6.45, 7) is -0.0537. The Kier molecular flexibility index (Phi) is 3.26. The maximum Gasteiger partial charge on any atom is 0.256 e. The van der Waals surface area contributed by atoms with Gasteiger partial charge in [-0.25, -0.2) is 23.1 Å². The van der Waals surface area contributed by atoms with Gasteiger partial charge in [0, 0.05) is 18.9 Å². The van der Waals surface area contributed by atoms with Crippen LogP contribution in [0.15, 0.2) is 24.7 Å². The Hall–Kier alpha value is -2.00. The van der Waals surface area contributed by atoms with Gasteiger partial charge in [-0.3, -0.25) is 4.79 Å². The topological polar surface area (TPSA) is 119 Å². The molecule has 0 aromatic carbocycles. The Morgan fingerprint density at radius 3 is 3.00 bits per heavy atom. The van der Waals surface area contributed by atoms with Crippen molar-refractivity contribution in [3.63, 3.8) is 0 Å². The summed E-state index contributed by atoms with van der Waals surface area (Å²) in [6.07, 6.45) is 4.57. The Morgan fingerprint density at radius 1 is 1.50 bits per heavy atom. The first-order chi connectivity index (χ1) is 8.47. The van der Waals surface area contributed by atoms with Crippen molar-refractivity contribution >= 4 is 21.6 Å². The first kappa shape index (κ1) is 12.5. The summed E-state index contributed by atoms with van der Waals surface area (Å²) in [5, 5.41) is 11.2. The fraction of sp³-hybridized carbons (Fsp3) is 0.222. The van der Waals surface area contributed by atoms with E-state index >= 15 is 0 Å². The predicted molar refractivity (Wildman–Crippen MR) is 63.3 cm³/mol. The molecule has 2 heterocycles. The highest BCUT2D eigenvalue weighted by atomic mass is 32.2. The molecule has 0 aliphatic heterocycles. The first-order valence-electron chi connectivity index (χ1n) is 5.04. The highest BCUT2D eigenvalue weighted by molar-refractivity contribution is 7.89. The molecule has 0 spiro atoms. The molecule has 0 aliphatic rings. The van der Waals surface area contributed by atoms with Gasteiger partial charge < -0.3 is 5.32 Å². The third-order valence-electron chi connectivity index (χ3n) is 2.20. The number of fused-ring (bicyclic) bond motifs is 1.